The number of aliphatic hydroxyl groups excluding tert-OH is 1. The molecule has 0 aromatic heterocycles. The van der Waals surface area contributed by atoms with Gasteiger partial charge in [0.15, 0.2) is 0 Å². The number of amides is 2. The first-order valence-electron chi connectivity index (χ1n) is 7.00. The lowest BCUT2D eigenvalue weighted by atomic mass is 9.77. The maximum atomic E-state index is 12.1. The standard InChI is InChI=1S/C14H24N2O2/c1-2-14(11-17)7-9-16(10-8-14)13(18)15-12-5-3-4-6-12/h3-4,12,17H,2,5-11H2,1H3,(H,15,18). The molecular formula is C14H24N2O2. The molecule has 0 bridgehead atoms. The SMILES string of the molecule is CCC1(CO)CCN(C(=O)NC2CC=CC2)CC1. The van der Waals surface area contributed by atoms with Crippen LogP contribution in [0.2, 0.25) is 0 Å². The molecule has 2 rings (SSSR count). The third kappa shape index (κ3) is 2.86. The Morgan fingerprint density at radius 3 is 2.50 bits per heavy atom. The number of nitrogens with one attached hydrogen (secondary N) is 1. The first-order chi connectivity index (χ1) is 8.69. The molecule has 2 aliphatic rings. The van der Waals surface area contributed by atoms with Crippen molar-refractivity contribution >= 4 is 6.03 Å². The van der Waals surface area contributed by atoms with Gasteiger partial charge in [0, 0.05) is 25.7 Å². The van der Waals surface area contributed by atoms with E-state index in [2.05, 4.69) is 24.4 Å². The minimum absolute atomic E-state index is 0.0473. The van der Waals surface area contributed by atoms with Gasteiger partial charge in [0.2, 0.25) is 0 Å². The molecule has 2 N–H and O–H groups in total. The Balaban J connectivity index is 1.80. The van der Waals surface area contributed by atoms with Crippen molar-refractivity contribution < 1.29 is 9.90 Å². The van der Waals surface area contributed by atoms with Crippen molar-refractivity contribution in [1.29, 1.82) is 0 Å². The lowest BCUT2D eigenvalue weighted by molar-refractivity contribution is 0.0515. The van der Waals surface area contributed by atoms with Gasteiger partial charge in [-0.1, -0.05) is 19.1 Å². The highest BCUT2D eigenvalue weighted by atomic mass is 16.3. The van der Waals surface area contributed by atoms with Gasteiger partial charge >= 0.3 is 6.03 Å². The normalized spacial score (nSPS) is 23.3. The van der Waals surface area contributed by atoms with Gasteiger partial charge in [-0.15, -0.1) is 0 Å². The van der Waals surface area contributed by atoms with Crippen LogP contribution in [0.5, 0.6) is 0 Å². The third-order valence-electron chi connectivity index (χ3n) is 4.53. The fourth-order valence-electron chi connectivity index (χ4n) is 2.81. The van der Waals surface area contributed by atoms with Gasteiger partial charge in [0.1, 0.15) is 0 Å². The predicted molar refractivity (Wildman–Crippen MR) is 71.3 cm³/mol. The summed E-state index contributed by atoms with van der Waals surface area (Å²) in [7, 11) is 0. The second-order valence-corrected chi connectivity index (χ2v) is 5.59. The molecule has 0 aromatic rings. The van der Waals surface area contributed by atoms with E-state index < -0.39 is 0 Å². The van der Waals surface area contributed by atoms with Crippen LogP contribution in [0.15, 0.2) is 12.2 Å². The lowest BCUT2D eigenvalue weighted by Gasteiger charge is -2.40. The number of hydrogen-bond donors (Lipinski definition) is 2. The van der Waals surface area contributed by atoms with Crippen LogP contribution in [-0.4, -0.2) is 41.8 Å². The van der Waals surface area contributed by atoms with E-state index in [1.807, 2.05) is 4.90 Å². The summed E-state index contributed by atoms with van der Waals surface area (Å²) < 4.78 is 0. The second kappa shape index (κ2) is 5.74. The topological polar surface area (TPSA) is 52.6 Å². The molecule has 4 heteroatoms. The van der Waals surface area contributed by atoms with Crippen LogP contribution in [0, 0.1) is 5.41 Å². The summed E-state index contributed by atoms with van der Waals surface area (Å²) >= 11 is 0. The van der Waals surface area contributed by atoms with E-state index in [1.165, 1.54) is 0 Å². The summed E-state index contributed by atoms with van der Waals surface area (Å²) in [6, 6.07) is 0.347. The summed E-state index contributed by atoms with van der Waals surface area (Å²) in [5.41, 5.74) is 0.0473. The first kappa shape index (κ1) is 13.4. The fourth-order valence-corrected chi connectivity index (χ4v) is 2.81. The largest absolute Gasteiger partial charge is 0.396 e. The molecule has 1 aliphatic carbocycles. The number of carbonyl (C=O) groups excluding carboxylic acids is 1. The van der Waals surface area contributed by atoms with Crippen molar-refractivity contribution in [3.63, 3.8) is 0 Å². The molecule has 0 unspecified atom stereocenters. The maximum Gasteiger partial charge on any atom is 0.317 e. The molecular weight excluding hydrogens is 228 g/mol. The number of carbonyl (C=O) groups is 1. The Kier molecular flexibility index (Phi) is 4.27. The Labute approximate surface area is 109 Å². The second-order valence-electron chi connectivity index (χ2n) is 5.59. The summed E-state index contributed by atoms with van der Waals surface area (Å²) in [5.74, 6) is 0. The lowest BCUT2D eigenvalue weighted by Crippen LogP contribution is -2.50. The van der Waals surface area contributed by atoms with Gasteiger partial charge in [-0.05, 0) is 37.5 Å². The van der Waals surface area contributed by atoms with E-state index in [9.17, 15) is 9.90 Å². The molecule has 0 aromatic carbocycles. The molecule has 0 saturated carbocycles. The van der Waals surface area contributed by atoms with Crippen LogP contribution >= 0.6 is 0 Å². The average Bonchev–Trinajstić information content (AvgIpc) is 2.91. The van der Waals surface area contributed by atoms with Crippen LogP contribution in [0.25, 0.3) is 0 Å². The molecule has 0 radical (unpaired) electrons. The van der Waals surface area contributed by atoms with E-state index in [-0.39, 0.29) is 24.1 Å². The van der Waals surface area contributed by atoms with Gasteiger partial charge in [-0.2, -0.15) is 0 Å². The third-order valence-corrected chi connectivity index (χ3v) is 4.53. The number of urea groups is 1. The van der Waals surface area contributed by atoms with Crippen LogP contribution < -0.4 is 5.32 Å². The van der Waals surface area contributed by atoms with Crippen LogP contribution in [0.3, 0.4) is 0 Å². The zero-order valence-corrected chi connectivity index (χ0v) is 11.2. The van der Waals surface area contributed by atoms with Gasteiger partial charge < -0.3 is 15.3 Å². The summed E-state index contributed by atoms with van der Waals surface area (Å²) in [5, 5.41) is 12.5. The molecule has 0 spiro atoms. The van der Waals surface area contributed by atoms with Crippen LogP contribution in [-0.2, 0) is 0 Å². The predicted octanol–water partition coefficient (Wildman–Crippen LogP) is 1.90. The molecule has 4 nitrogen and oxygen atoms in total. The smallest absolute Gasteiger partial charge is 0.317 e. The Morgan fingerprint density at radius 1 is 1.39 bits per heavy atom. The quantitative estimate of drug-likeness (QED) is 0.754. The number of nitrogens with zero attached hydrogens (tertiary/aromatic N) is 1. The van der Waals surface area contributed by atoms with Gasteiger partial charge in [-0.25, -0.2) is 4.79 Å². The van der Waals surface area contributed by atoms with Gasteiger partial charge in [0.25, 0.3) is 0 Å². The van der Waals surface area contributed by atoms with Crippen LogP contribution in [0.1, 0.15) is 39.0 Å². The minimum atomic E-state index is 0.0473. The van der Waals surface area contributed by atoms with Crippen LogP contribution in [0.4, 0.5) is 4.79 Å². The molecule has 1 heterocycles. The van der Waals surface area contributed by atoms with Crippen molar-refractivity contribution in [1.82, 2.24) is 10.2 Å². The molecule has 18 heavy (non-hydrogen) atoms. The zero-order chi connectivity index (χ0) is 13.0. The van der Waals surface area contributed by atoms with E-state index in [0.29, 0.717) is 0 Å². The molecule has 2 amide bonds. The number of likely N-dealkylation sites (tertiary alicyclic amines) is 1. The van der Waals surface area contributed by atoms with Gasteiger partial charge in [0.05, 0.1) is 0 Å². The van der Waals surface area contributed by atoms with Crippen molar-refractivity contribution in [3.05, 3.63) is 12.2 Å². The highest BCUT2D eigenvalue weighted by Gasteiger charge is 2.34. The first-order valence-corrected chi connectivity index (χ1v) is 7.00. The van der Waals surface area contributed by atoms with E-state index in [0.717, 1.165) is 45.2 Å². The summed E-state index contributed by atoms with van der Waals surface area (Å²) in [6.45, 7) is 3.89. The average molecular weight is 252 g/mol. The van der Waals surface area contributed by atoms with Crippen molar-refractivity contribution in [2.75, 3.05) is 19.7 Å². The Morgan fingerprint density at radius 2 is 2.00 bits per heavy atom. The number of hydrogen-bond acceptors (Lipinski definition) is 2. The highest BCUT2D eigenvalue weighted by molar-refractivity contribution is 5.74. The molecule has 1 saturated heterocycles. The molecule has 102 valence electrons. The zero-order valence-electron chi connectivity index (χ0n) is 11.2. The number of aliphatic hydroxyl groups is 1. The maximum absolute atomic E-state index is 12.1. The summed E-state index contributed by atoms with van der Waals surface area (Å²) in [6.07, 6.45) is 8.96. The van der Waals surface area contributed by atoms with Crippen molar-refractivity contribution in [2.45, 2.75) is 45.1 Å². The fraction of sp³-hybridized carbons (Fsp3) is 0.786. The van der Waals surface area contributed by atoms with E-state index >= 15 is 0 Å². The minimum Gasteiger partial charge on any atom is -0.396 e. The number of piperidine rings is 1. The monoisotopic (exact) mass is 252 g/mol. The molecule has 0 atom stereocenters. The van der Waals surface area contributed by atoms with Crippen molar-refractivity contribution in [2.24, 2.45) is 5.41 Å². The highest BCUT2D eigenvalue weighted by Crippen LogP contribution is 2.34. The van der Waals surface area contributed by atoms with Crippen molar-refractivity contribution in [3.8, 4) is 0 Å². The number of rotatable bonds is 3. The van der Waals surface area contributed by atoms with Gasteiger partial charge in [-0.3, -0.25) is 0 Å². The molecule has 1 aliphatic heterocycles. The molecule has 1 fully saturated rings. The van der Waals surface area contributed by atoms with E-state index in [4.69, 9.17) is 0 Å². The van der Waals surface area contributed by atoms with E-state index in [1.54, 1.807) is 0 Å². The Hall–Kier alpha value is -1.03. The summed E-state index contributed by atoms with van der Waals surface area (Å²) in [4.78, 5) is 14.0. The Bertz CT molecular complexity index is 306.